The molecule has 0 radical (unpaired) electrons. The van der Waals surface area contributed by atoms with Crippen LogP contribution in [0.25, 0.3) is 0 Å². The second-order valence-corrected chi connectivity index (χ2v) is 5.77. The van der Waals surface area contributed by atoms with Gasteiger partial charge in [-0.15, -0.1) is 0 Å². The Balaban J connectivity index is 1.88. The molecule has 0 spiro atoms. The highest BCUT2D eigenvalue weighted by Crippen LogP contribution is 2.17. The molecule has 112 valence electrons. The first-order chi connectivity index (χ1) is 10.0. The van der Waals surface area contributed by atoms with Crippen LogP contribution in [0.4, 0.5) is 0 Å². The van der Waals surface area contributed by atoms with E-state index in [9.17, 15) is 5.11 Å². The number of aromatic nitrogens is 1. The van der Waals surface area contributed by atoms with Crippen LogP contribution in [-0.2, 0) is 6.42 Å². The lowest BCUT2D eigenvalue weighted by molar-refractivity contribution is 0.127. The summed E-state index contributed by atoms with van der Waals surface area (Å²) >= 11 is 0. The van der Waals surface area contributed by atoms with E-state index < -0.39 is 6.10 Å². The first kappa shape index (κ1) is 15.7. The maximum atomic E-state index is 10.4. The summed E-state index contributed by atoms with van der Waals surface area (Å²) < 4.78 is 0. The molecular formula is C18H24N2O. The normalized spacial score (nSPS) is 12.6. The van der Waals surface area contributed by atoms with E-state index in [1.54, 1.807) is 0 Å². The molecule has 0 amide bonds. The monoisotopic (exact) mass is 284 g/mol. The van der Waals surface area contributed by atoms with Gasteiger partial charge in [0.1, 0.15) is 0 Å². The highest BCUT2D eigenvalue weighted by atomic mass is 16.3. The van der Waals surface area contributed by atoms with Gasteiger partial charge in [0.25, 0.3) is 0 Å². The van der Waals surface area contributed by atoms with Gasteiger partial charge in [0, 0.05) is 31.4 Å². The molecule has 1 unspecified atom stereocenters. The fourth-order valence-electron chi connectivity index (χ4n) is 2.55. The summed E-state index contributed by atoms with van der Waals surface area (Å²) in [6.07, 6.45) is 2.27. The number of aryl methyl sites for hydroxylation is 2. The number of likely N-dealkylation sites (N-methyl/N-ethyl adjacent to an activating group) is 1. The Morgan fingerprint density at radius 2 is 1.86 bits per heavy atom. The number of hydrogen-bond donors (Lipinski definition) is 1. The van der Waals surface area contributed by atoms with Crippen molar-refractivity contribution in [3.8, 4) is 0 Å². The maximum Gasteiger partial charge on any atom is 0.0916 e. The van der Waals surface area contributed by atoms with Gasteiger partial charge in [-0.2, -0.15) is 0 Å². The van der Waals surface area contributed by atoms with Crippen LogP contribution in [0.1, 0.15) is 28.5 Å². The molecule has 0 aliphatic carbocycles. The molecule has 2 aromatic rings. The van der Waals surface area contributed by atoms with Crippen LogP contribution in [0.5, 0.6) is 0 Å². The molecule has 0 saturated carbocycles. The van der Waals surface area contributed by atoms with Crippen LogP contribution in [0.15, 0.2) is 42.6 Å². The van der Waals surface area contributed by atoms with E-state index in [0.717, 1.165) is 24.2 Å². The van der Waals surface area contributed by atoms with Gasteiger partial charge in [-0.1, -0.05) is 35.4 Å². The molecule has 0 aliphatic rings. The minimum Gasteiger partial charge on any atom is -0.387 e. The molecule has 0 fully saturated rings. The van der Waals surface area contributed by atoms with Crippen LogP contribution in [0.3, 0.4) is 0 Å². The minimum absolute atomic E-state index is 0.447. The SMILES string of the molecule is Cc1cc(C)cc(C(O)CN(C)CCc2ccccn2)c1. The predicted molar refractivity (Wildman–Crippen MR) is 86.3 cm³/mol. The highest BCUT2D eigenvalue weighted by molar-refractivity contribution is 5.30. The summed E-state index contributed by atoms with van der Waals surface area (Å²) in [5.74, 6) is 0. The fourth-order valence-corrected chi connectivity index (χ4v) is 2.55. The molecule has 0 bridgehead atoms. The first-order valence-electron chi connectivity index (χ1n) is 7.39. The molecular weight excluding hydrogens is 260 g/mol. The predicted octanol–water partition coefficient (Wildman–Crippen LogP) is 2.91. The average Bonchev–Trinajstić information content (AvgIpc) is 2.45. The summed E-state index contributed by atoms with van der Waals surface area (Å²) in [6, 6.07) is 12.2. The van der Waals surface area contributed by atoms with E-state index in [2.05, 4.69) is 41.9 Å². The number of aliphatic hydroxyl groups excluding tert-OH is 1. The summed E-state index contributed by atoms with van der Waals surface area (Å²) in [4.78, 5) is 6.47. The molecule has 1 heterocycles. The lowest BCUT2D eigenvalue weighted by Crippen LogP contribution is -2.27. The van der Waals surface area contributed by atoms with Crippen LogP contribution >= 0.6 is 0 Å². The Morgan fingerprint density at radius 3 is 2.48 bits per heavy atom. The van der Waals surface area contributed by atoms with Gasteiger partial charge in [-0.25, -0.2) is 0 Å². The van der Waals surface area contributed by atoms with Crippen molar-refractivity contribution in [1.82, 2.24) is 9.88 Å². The Kier molecular flexibility index (Phi) is 5.48. The van der Waals surface area contributed by atoms with Crippen molar-refractivity contribution in [2.24, 2.45) is 0 Å². The van der Waals surface area contributed by atoms with E-state index in [4.69, 9.17) is 0 Å². The number of pyridine rings is 1. The van der Waals surface area contributed by atoms with Crippen molar-refractivity contribution in [2.75, 3.05) is 20.1 Å². The molecule has 2 rings (SSSR count). The number of hydrogen-bond acceptors (Lipinski definition) is 3. The Labute approximate surface area is 127 Å². The number of aliphatic hydroxyl groups is 1. The van der Waals surface area contributed by atoms with Crippen molar-refractivity contribution in [2.45, 2.75) is 26.4 Å². The van der Waals surface area contributed by atoms with Crippen molar-refractivity contribution in [3.63, 3.8) is 0 Å². The Morgan fingerprint density at radius 1 is 1.14 bits per heavy atom. The van der Waals surface area contributed by atoms with E-state index in [1.807, 2.05) is 31.4 Å². The van der Waals surface area contributed by atoms with Crippen molar-refractivity contribution >= 4 is 0 Å². The average molecular weight is 284 g/mol. The van der Waals surface area contributed by atoms with E-state index >= 15 is 0 Å². The molecule has 1 N–H and O–H groups in total. The second kappa shape index (κ2) is 7.34. The first-order valence-corrected chi connectivity index (χ1v) is 7.39. The second-order valence-electron chi connectivity index (χ2n) is 5.77. The van der Waals surface area contributed by atoms with E-state index in [-0.39, 0.29) is 0 Å². The molecule has 1 aromatic heterocycles. The maximum absolute atomic E-state index is 10.4. The molecule has 3 nitrogen and oxygen atoms in total. The van der Waals surface area contributed by atoms with Crippen LogP contribution in [0.2, 0.25) is 0 Å². The number of benzene rings is 1. The molecule has 0 aliphatic heterocycles. The zero-order valence-electron chi connectivity index (χ0n) is 13.1. The molecule has 1 atom stereocenters. The summed E-state index contributed by atoms with van der Waals surface area (Å²) in [5, 5.41) is 10.4. The summed E-state index contributed by atoms with van der Waals surface area (Å²) in [6.45, 7) is 5.65. The third kappa shape index (κ3) is 4.96. The fraction of sp³-hybridized carbons (Fsp3) is 0.389. The standard InChI is InChI=1S/C18H24N2O/c1-14-10-15(2)12-16(11-14)18(21)13-20(3)9-7-17-6-4-5-8-19-17/h4-6,8,10-12,18,21H,7,9,13H2,1-3H3. The highest BCUT2D eigenvalue weighted by Gasteiger charge is 2.11. The quantitative estimate of drug-likeness (QED) is 0.886. The third-order valence-electron chi connectivity index (χ3n) is 3.59. The largest absolute Gasteiger partial charge is 0.387 e. The van der Waals surface area contributed by atoms with Crippen molar-refractivity contribution in [1.29, 1.82) is 0 Å². The Bertz CT molecular complexity index is 548. The lowest BCUT2D eigenvalue weighted by atomic mass is 10.0. The zero-order chi connectivity index (χ0) is 15.2. The number of nitrogens with zero attached hydrogens (tertiary/aromatic N) is 2. The topological polar surface area (TPSA) is 36.4 Å². The third-order valence-corrected chi connectivity index (χ3v) is 3.59. The van der Waals surface area contributed by atoms with Gasteiger partial charge in [0.05, 0.1) is 6.10 Å². The number of rotatable bonds is 6. The van der Waals surface area contributed by atoms with Gasteiger partial charge in [-0.3, -0.25) is 4.98 Å². The smallest absolute Gasteiger partial charge is 0.0916 e. The van der Waals surface area contributed by atoms with Crippen LogP contribution in [0, 0.1) is 13.8 Å². The van der Waals surface area contributed by atoms with Gasteiger partial charge in [0.15, 0.2) is 0 Å². The van der Waals surface area contributed by atoms with E-state index in [0.29, 0.717) is 6.54 Å². The molecule has 0 saturated heterocycles. The minimum atomic E-state index is -0.447. The van der Waals surface area contributed by atoms with Gasteiger partial charge in [0.2, 0.25) is 0 Å². The van der Waals surface area contributed by atoms with Crippen LogP contribution < -0.4 is 0 Å². The van der Waals surface area contributed by atoms with Gasteiger partial charge in [-0.05, 0) is 38.6 Å². The Hall–Kier alpha value is -1.71. The van der Waals surface area contributed by atoms with Crippen molar-refractivity contribution in [3.05, 3.63) is 65.0 Å². The molecule has 3 heteroatoms. The molecule has 21 heavy (non-hydrogen) atoms. The zero-order valence-corrected chi connectivity index (χ0v) is 13.1. The van der Waals surface area contributed by atoms with Crippen LogP contribution in [-0.4, -0.2) is 35.1 Å². The summed E-state index contributed by atoms with van der Waals surface area (Å²) in [5.41, 5.74) is 4.47. The van der Waals surface area contributed by atoms with Gasteiger partial charge >= 0.3 is 0 Å². The van der Waals surface area contributed by atoms with Gasteiger partial charge < -0.3 is 10.0 Å². The van der Waals surface area contributed by atoms with Crippen molar-refractivity contribution < 1.29 is 5.11 Å². The molecule has 1 aromatic carbocycles. The lowest BCUT2D eigenvalue weighted by Gasteiger charge is -2.21. The van der Waals surface area contributed by atoms with E-state index in [1.165, 1.54) is 11.1 Å². The summed E-state index contributed by atoms with van der Waals surface area (Å²) in [7, 11) is 2.04.